The number of carbonyl (C=O) groups is 1. The molecule has 0 radical (unpaired) electrons. The van der Waals surface area contributed by atoms with Crippen LogP contribution in [0.15, 0.2) is 73.0 Å². The molecule has 0 aliphatic heterocycles. The van der Waals surface area contributed by atoms with E-state index in [1.165, 1.54) is 19.2 Å². The molecule has 0 aromatic heterocycles. The van der Waals surface area contributed by atoms with Crippen molar-refractivity contribution in [3.8, 4) is 11.1 Å². The molecule has 0 saturated heterocycles. The summed E-state index contributed by atoms with van der Waals surface area (Å²) in [7, 11) is 5.09. The van der Waals surface area contributed by atoms with E-state index in [-0.39, 0.29) is 23.7 Å². The summed E-state index contributed by atoms with van der Waals surface area (Å²) in [6, 6.07) is 18.8. The predicted molar refractivity (Wildman–Crippen MR) is 161 cm³/mol. The van der Waals surface area contributed by atoms with Gasteiger partial charge in [0, 0.05) is 44.5 Å². The number of halogens is 3. The van der Waals surface area contributed by atoms with Gasteiger partial charge >= 0.3 is 6.18 Å². The first kappa shape index (κ1) is 31.0. The van der Waals surface area contributed by atoms with Crippen LogP contribution in [-0.2, 0) is 17.4 Å². The molecular formula is C33H38F3N3O3. The quantitative estimate of drug-likeness (QED) is 0.199. The normalized spacial score (nSPS) is 16.0. The molecule has 1 amide bonds. The van der Waals surface area contributed by atoms with Gasteiger partial charge in [-0.3, -0.25) is 4.79 Å². The van der Waals surface area contributed by atoms with Gasteiger partial charge in [0.15, 0.2) is 0 Å². The summed E-state index contributed by atoms with van der Waals surface area (Å²) >= 11 is 0. The SMILES string of the molecule is CNc1ccc(NC(=O)C(O)(Cc2cccc(-c3ccc(/C(=C\O)N(C)C)cc3)c2)C2CCCCC2)cc1C(F)(F)F. The number of hydrogen-bond acceptors (Lipinski definition) is 5. The molecule has 1 fully saturated rings. The second-order valence-electron chi connectivity index (χ2n) is 11.1. The van der Waals surface area contributed by atoms with E-state index in [4.69, 9.17) is 0 Å². The summed E-state index contributed by atoms with van der Waals surface area (Å²) in [4.78, 5) is 15.5. The minimum Gasteiger partial charge on any atom is -0.513 e. The lowest BCUT2D eigenvalue weighted by Gasteiger charge is -2.37. The Labute approximate surface area is 244 Å². The first-order valence-electron chi connectivity index (χ1n) is 14.1. The maximum Gasteiger partial charge on any atom is 0.418 e. The monoisotopic (exact) mass is 581 g/mol. The summed E-state index contributed by atoms with van der Waals surface area (Å²) in [6.07, 6.45) is 0.549. The fourth-order valence-electron chi connectivity index (χ4n) is 5.76. The predicted octanol–water partition coefficient (Wildman–Crippen LogP) is 7.32. The van der Waals surface area contributed by atoms with Crippen LogP contribution in [0.5, 0.6) is 0 Å². The van der Waals surface area contributed by atoms with Crippen molar-refractivity contribution in [2.24, 2.45) is 5.92 Å². The summed E-state index contributed by atoms with van der Waals surface area (Å²) in [5.41, 5.74) is 1.25. The molecule has 224 valence electrons. The zero-order valence-electron chi connectivity index (χ0n) is 24.1. The smallest absolute Gasteiger partial charge is 0.418 e. The molecular weight excluding hydrogens is 543 g/mol. The molecule has 0 heterocycles. The summed E-state index contributed by atoms with van der Waals surface area (Å²) in [5.74, 6) is -1.04. The highest BCUT2D eigenvalue weighted by atomic mass is 19.4. The standard InChI is InChI=1S/C33H38F3N3O3/c1-37-29-17-16-27(19-28(29)33(34,35)36)38-31(41)32(42,26-10-5-4-6-11-26)20-22-8-7-9-25(18-22)23-12-14-24(15-13-23)30(21-40)39(2)3/h7-9,12-19,21,26,37,40,42H,4-6,10-11,20H2,1-3H3,(H,38,41)/b30-21+. The number of alkyl halides is 3. The topological polar surface area (TPSA) is 84.8 Å². The van der Waals surface area contributed by atoms with Crippen molar-refractivity contribution < 1.29 is 28.2 Å². The van der Waals surface area contributed by atoms with E-state index in [1.807, 2.05) is 67.5 Å². The summed E-state index contributed by atoms with van der Waals surface area (Å²) < 4.78 is 40.9. The molecule has 1 aliphatic rings. The van der Waals surface area contributed by atoms with Crippen LogP contribution in [0.1, 0.15) is 48.8 Å². The number of aliphatic hydroxyl groups is 2. The third-order valence-electron chi connectivity index (χ3n) is 8.04. The van der Waals surface area contributed by atoms with Crippen molar-refractivity contribution in [3.63, 3.8) is 0 Å². The van der Waals surface area contributed by atoms with Crippen LogP contribution < -0.4 is 10.6 Å². The number of nitrogens with one attached hydrogen (secondary N) is 2. The minimum absolute atomic E-state index is 0.0220. The number of benzene rings is 3. The van der Waals surface area contributed by atoms with E-state index in [0.29, 0.717) is 18.5 Å². The molecule has 4 rings (SSSR count). The van der Waals surface area contributed by atoms with Crippen LogP contribution in [-0.4, -0.2) is 47.8 Å². The Bertz CT molecular complexity index is 1410. The fraction of sp³-hybridized carbons (Fsp3) is 0.364. The van der Waals surface area contributed by atoms with Crippen LogP contribution in [0.2, 0.25) is 0 Å². The lowest BCUT2D eigenvalue weighted by molar-refractivity contribution is -0.142. The molecule has 1 unspecified atom stereocenters. The molecule has 1 saturated carbocycles. The fourth-order valence-corrected chi connectivity index (χ4v) is 5.76. The van der Waals surface area contributed by atoms with E-state index in [9.17, 15) is 28.2 Å². The highest BCUT2D eigenvalue weighted by Crippen LogP contribution is 2.39. The van der Waals surface area contributed by atoms with E-state index in [0.717, 1.165) is 53.8 Å². The lowest BCUT2D eigenvalue weighted by Crippen LogP contribution is -2.51. The maximum atomic E-state index is 13.7. The Balaban J connectivity index is 1.62. The minimum atomic E-state index is -4.61. The average molecular weight is 582 g/mol. The van der Waals surface area contributed by atoms with Gasteiger partial charge in [-0.15, -0.1) is 0 Å². The highest BCUT2D eigenvalue weighted by Gasteiger charge is 2.44. The van der Waals surface area contributed by atoms with Gasteiger partial charge in [-0.1, -0.05) is 67.8 Å². The second-order valence-corrected chi connectivity index (χ2v) is 11.1. The van der Waals surface area contributed by atoms with Gasteiger partial charge in [-0.05, 0) is 53.6 Å². The van der Waals surface area contributed by atoms with Crippen molar-refractivity contribution in [1.82, 2.24) is 4.90 Å². The Morgan fingerprint density at radius 3 is 2.26 bits per heavy atom. The Morgan fingerprint density at radius 1 is 0.976 bits per heavy atom. The number of aliphatic hydroxyl groups excluding tert-OH is 1. The van der Waals surface area contributed by atoms with Crippen molar-refractivity contribution in [2.45, 2.75) is 50.3 Å². The van der Waals surface area contributed by atoms with Gasteiger partial charge in [0.05, 0.1) is 11.3 Å². The number of hydrogen-bond donors (Lipinski definition) is 4. The number of carbonyl (C=O) groups excluding carboxylic acids is 1. The third-order valence-corrected chi connectivity index (χ3v) is 8.04. The third kappa shape index (κ3) is 6.90. The largest absolute Gasteiger partial charge is 0.513 e. The second kappa shape index (κ2) is 12.9. The van der Waals surface area contributed by atoms with Gasteiger partial charge < -0.3 is 25.7 Å². The zero-order chi connectivity index (χ0) is 30.5. The molecule has 42 heavy (non-hydrogen) atoms. The van der Waals surface area contributed by atoms with Gasteiger partial charge in [0.2, 0.25) is 0 Å². The molecule has 0 spiro atoms. The van der Waals surface area contributed by atoms with Crippen LogP contribution in [0.3, 0.4) is 0 Å². The van der Waals surface area contributed by atoms with Crippen LogP contribution in [0.4, 0.5) is 24.5 Å². The van der Waals surface area contributed by atoms with Crippen molar-refractivity contribution in [3.05, 3.63) is 89.7 Å². The molecule has 9 heteroatoms. The van der Waals surface area contributed by atoms with Gasteiger partial charge in [0.1, 0.15) is 11.9 Å². The van der Waals surface area contributed by atoms with Crippen molar-refractivity contribution in [1.29, 1.82) is 0 Å². The number of nitrogens with zero attached hydrogens (tertiary/aromatic N) is 1. The molecule has 1 aliphatic carbocycles. The van der Waals surface area contributed by atoms with Crippen molar-refractivity contribution in [2.75, 3.05) is 31.8 Å². The molecule has 4 N–H and O–H groups in total. The lowest BCUT2D eigenvalue weighted by atomic mass is 9.73. The van der Waals surface area contributed by atoms with Gasteiger partial charge in [0.25, 0.3) is 5.91 Å². The van der Waals surface area contributed by atoms with E-state index in [2.05, 4.69) is 10.6 Å². The molecule has 3 aromatic carbocycles. The average Bonchev–Trinajstić information content (AvgIpc) is 2.97. The first-order chi connectivity index (χ1) is 20.0. The Kier molecular flexibility index (Phi) is 9.51. The molecule has 1 atom stereocenters. The van der Waals surface area contributed by atoms with Gasteiger partial charge in [-0.25, -0.2) is 0 Å². The maximum absolute atomic E-state index is 13.7. The van der Waals surface area contributed by atoms with Gasteiger partial charge in [-0.2, -0.15) is 13.2 Å². The van der Waals surface area contributed by atoms with E-state index < -0.39 is 23.2 Å². The highest BCUT2D eigenvalue weighted by molar-refractivity contribution is 5.98. The zero-order valence-corrected chi connectivity index (χ0v) is 24.1. The van der Waals surface area contributed by atoms with E-state index >= 15 is 0 Å². The Hall–Kier alpha value is -3.98. The number of amides is 1. The number of anilines is 2. The summed E-state index contributed by atoms with van der Waals surface area (Å²) in [5, 5.41) is 26.7. The van der Waals surface area contributed by atoms with E-state index in [1.54, 1.807) is 0 Å². The molecule has 3 aromatic rings. The molecule has 6 nitrogen and oxygen atoms in total. The van der Waals surface area contributed by atoms with Crippen LogP contribution in [0, 0.1) is 5.92 Å². The Morgan fingerprint density at radius 2 is 1.67 bits per heavy atom. The van der Waals surface area contributed by atoms with Crippen LogP contribution >= 0.6 is 0 Å². The summed E-state index contributed by atoms with van der Waals surface area (Å²) in [6.45, 7) is 0. The van der Waals surface area contributed by atoms with Crippen molar-refractivity contribution >= 4 is 23.0 Å². The number of rotatable bonds is 9. The first-order valence-corrected chi connectivity index (χ1v) is 14.1. The molecule has 0 bridgehead atoms. The van der Waals surface area contributed by atoms with Crippen LogP contribution in [0.25, 0.3) is 16.8 Å².